The van der Waals surface area contributed by atoms with Crippen LogP contribution < -0.4 is 0 Å². The molecule has 0 spiro atoms. The van der Waals surface area contributed by atoms with Crippen LogP contribution in [0.3, 0.4) is 0 Å². The van der Waals surface area contributed by atoms with E-state index in [0.29, 0.717) is 12.3 Å². The maximum Gasteiger partial charge on any atom is 0.189 e. The van der Waals surface area contributed by atoms with Crippen molar-refractivity contribution in [3.8, 4) is 0 Å². The largest absolute Gasteiger partial charge is 0.346 e. The van der Waals surface area contributed by atoms with Crippen LogP contribution in [0.25, 0.3) is 0 Å². The summed E-state index contributed by atoms with van der Waals surface area (Å²) in [4.78, 5) is 16.2. The molecular formula is C7H22O4P2. The third-order valence-electron chi connectivity index (χ3n) is 0.928. The highest BCUT2D eigenvalue weighted by Gasteiger charge is 1.83. The lowest BCUT2D eigenvalue weighted by atomic mass is 10.6. The van der Waals surface area contributed by atoms with Gasteiger partial charge in [0.25, 0.3) is 0 Å². The van der Waals surface area contributed by atoms with Crippen LogP contribution in [0.4, 0.5) is 0 Å². The predicted octanol–water partition coefficient (Wildman–Crippen LogP) is 2.36. The fraction of sp³-hybridized carbons (Fsp3) is 1.00. The van der Waals surface area contributed by atoms with Crippen molar-refractivity contribution in [1.29, 1.82) is 0 Å². The van der Waals surface area contributed by atoms with Crippen molar-refractivity contribution in [1.82, 2.24) is 0 Å². The summed E-state index contributed by atoms with van der Waals surface area (Å²) in [5.74, 6) is 0. The lowest BCUT2D eigenvalue weighted by Crippen LogP contribution is -1.67. The second-order valence-electron chi connectivity index (χ2n) is 2.29. The Balaban J connectivity index is -0.000000143. The van der Waals surface area contributed by atoms with Crippen molar-refractivity contribution in [3.63, 3.8) is 0 Å². The van der Waals surface area contributed by atoms with Gasteiger partial charge < -0.3 is 9.79 Å². The standard InChI is InChI=1S/2C3H9O2P.CH4/c2*1-2-3-6(4)5;/h2*6H,2-3H2,1H3,(H,4,5);1H4. The Morgan fingerprint density at radius 1 is 0.923 bits per heavy atom. The molecule has 0 aromatic heterocycles. The van der Waals surface area contributed by atoms with E-state index in [-0.39, 0.29) is 7.43 Å². The normalized spacial score (nSPS) is 13.2. The van der Waals surface area contributed by atoms with Crippen molar-refractivity contribution >= 4 is 16.1 Å². The highest BCUT2D eigenvalue weighted by atomic mass is 31.1. The van der Waals surface area contributed by atoms with E-state index < -0.39 is 16.1 Å². The molecule has 0 aliphatic heterocycles. The molecule has 0 aliphatic rings. The van der Waals surface area contributed by atoms with Gasteiger partial charge in [-0.05, 0) is 12.8 Å². The molecule has 2 atom stereocenters. The van der Waals surface area contributed by atoms with Crippen LogP contribution in [0.2, 0.25) is 0 Å². The molecule has 84 valence electrons. The van der Waals surface area contributed by atoms with Gasteiger partial charge in [-0.1, -0.05) is 21.3 Å². The summed E-state index contributed by atoms with van der Waals surface area (Å²) in [6.45, 7) is 3.78. The molecule has 0 rings (SSSR count). The fourth-order valence-electron chi connectivity index (χ4n) is 0.428. The van der Waals surface area contributed by atoms with Gasteiger partial charge in [-0.25, -0.2) is 0 Å². The van der Waals surface area contributed by atoms with Gasteiger partial charge in [-0.15, -0.1) is 0 Å². The quantitative estimate of drug-likeness (QED) is 0.729. The Hall–Kier alpha value is 0.380. The highest BCUT2D eigenvalue weighted by molar-refractivity contribution is 7.38. The zero-order chi connectivity index (χ0) is 9.98. The molecule has 0 radical (unpaired) electrons. The third kappa shape index (κ3) is 32.8. The van der Waals surface area contributed by atoms with E-state index in [9.17, 15) is 9.13 Å². The van der Waals surface area contributed by atoms with E-state index in [1.807, 2.05) is 13.8 Å². The van der Waals surface area contributed by atoms with Crippen molar-refractivity contribution in [2.45, 2.75) is 34.1 Å². The van der Waals surface area contributed by atoms with Crippen LogP contribution in [0.1, 0.15) is 34.1 Å². The van der Waals surface area contributed by atoms with Gasteiger partial charge in [0.1, 0.15) is 0 Å². The van der Waals surface area contributed by atoms with Crippen LogP contribution in [0.5, 0.6) is 0 Å². The molecule has 2 unspecified atom stereocenters. The zero-order valence-electron chi connectivity index (χ0n) is 7.54. The Bertz CT molecular complexity index is 122. The monoisotopic (exact) mass is 232 g/mol. The summed E-state index contributed by atoms with van der Waals surface area (Å²) >= 11 is 0. The first-order valence-corrected chi connectivity index (χ1v) is 7.10. The molecule has 0 saturated carbocycles. The molecule has 2 N–H and O–H groups in total. The van der Waals surface area contributed by atoms with Crippen LogP contribution >= 0.6 is 16.1 Å². The van der Waals surface area contributed by atoms with Gasteiger partial charge in [0.05, 0.1) is 0 Å². The molecular weight excluding hydrogens is 210 g/mol. The topological polar surface area (TPSA) is 74.6 Å². The molecule has 0 saturated heterocycles. The Morgan fingerprint density at radius 3 is 1.15 bits per heavy atom. The van der Waals surface area contributed by atoms with E-state index >= 15 is 0 Å². The van der Waals surface area contributed by atoms with Crippen molar-refractivity contribution in [2.75, 3.05) is 12.3 Å². The highest BCUT2D eigenvalue weighted by Crippen LogP contribution is 2.12. The predicted molar refractivity (Wildman–Crippen MR) is 59.5 cm³/mol. The molecule has 0 fully saturated rings. The average molecular weight is 232 g/mol. The minimum absolute atomic E-state index is 0. The number of hydrogen-bond donors (Lipinski definition) is 2. The second-order valence-corrected chi connectivity index (χ2v) is 4.86. The molecule has 0 amide bonds. The number of rotatable bonds is 4. The Kier molecular flexibility index (Phi) is 21.8. The van der Waals surface area contributed by atoms with Gasteiger partial charge in [-0.3, -0.25) is 9.13 Å². The van der Waals surface area contributed by atoms with Gasteiger partial charge >= 0.3 is 0 Å². The average Bonchev–Trinajstić information content (AvgIpc) is 1.87. The van der Waals surface area contributed by atoms with E-state index in [2.05, 4.69) is 0 Å². The first-order chi connectivity index (χ1) is 5.54. The van der Waals surface area contributed by atoms with Gasteiger partial charge in [-0.2, -0.15) is 0 Å². The maximum absolute atomic E-state index is 9.78. The van der Waals surface area contributed by atoms with Crippen molar-refractivity contribution in [2.24, 2.45) is 0 Å². The van der Waals surface area contributed by atoms with Crippen LogP contribution in [0.15, 0.2) is 0 Å². The summed E-state index contributed by atoms with van der Waals surface area (Å²) in [5.41, 5.74) is 0. The molecule has 0 heterocycles. The van der Waals surface area contributed by atoms with E-state index in [4.69, 9.17) is 9.79 Å². The smallest absolute Gasteiger partial charge is 0.189 e. The first kappa shape index (κ1) is 19.0. The summed E-state index contributed by atoms with van der Waals surface area (Å²) in [5, 5.41) is 0. The van der Waals surface area contributed by atoms with Crippen molar-refractivity contribution in [3.05, 3.63) is 0 Å². The van der Waals surface area contributed by atoms with Crippen LogP contribution in [0, 0.1) is 0 Å². The minimum Gasteiger partial charge on any atom is -0.346 e. The number of hydrogen-bond acceptors (Lipinski definition) is 2. The summed E-state index contributed by atoms with van der Waals surface area (Å²) < 4.78 is 19.6. The lowest BCUT2D eigenvalue weighted by Gasteiger charge is -1.82. The second kappa shape index (κ2) is 14.9. The van der Waals surface area contributed by atoms with Gasteiger partial charge in [0, 0.05) is 12.3 Å². The molecule has 0 bridgehead atoms. The van der Waals surface area contributed by atoms with E-state index in [1.54, 1.807) is 0 Å². The molecule has 13 heavy (non-hydrogen) atoms. The maximum atomic E-state index is 9.78. The first-order valence-electron chi connectivity index (χ1n) is 3.98. The third-order valence-corrected chi connectivity index (χ3v) is 2.78. The lowest BCUT2D eigenvalue weighted by molar-refractivity contribution is 0.500. The molecule has 0 aliphatic carbocycles. The molecule has 0 aromatic carbocycles. The van der Waals surface area contributed by atoms with Crippen LogP contribution in [-0.4, -0.2) is 22.1 Å². The Morgan fingerprint density at radius 2 is 1.15 bits per heavy atom. The SMILES string of the molecule is C.CCC[PH](=O)O.CCC[PH](=O)O. The zero-order valence-corrected chi connectivity index (χ0v) is 9.54. The fourth-order valence-corrected chi connectivity index (χ4v) is 1.28. The molecule has 0 aromatic rings. The van der Waals surface area contributed by atoms with E-state index in [1.165, 1.54) is 0 Å². The van der Waals surface area contributed by atoms with Crippen LogP contribution in [-0.2, 0) is 9.13 Å². The summed E-state index contributed by atoms with van der Waals surface area (Å²) in [6, 6.07) is 0. The molecule has 4 nitrogen and oxygen atoms in total. The summed E-state index contributed by atoms with van der Waals surface area (Å²) in [6.07, 6.45) is 2.58. The van der Waals surface area contributed by atoms with E-state index in [0.717, 1.165) is 12.8 Å². The molecule has 6 heteroatoms. The van der Waals surface area contributed by atoms with Crippen molar-refractivity contribution < 1.29 is 18.9 Å². The van der Waals surface area contributed by atoms with Gasteiger partial charge in [0.15, 0.2) is 16.1 Å². The van der Waals surface area contributed by atoms with Gasteiger partial charge in [0.2, 0.25) is 0 Å². The summed E-state index contributed by atoms with van der Waals surface area (Å²) in [7, 11) is -4.27. The minimum atomic E-state index is -2.14. The Labute approximate surface area is 82.1 Å².